The molecule has 0 aliphatic heterocycles. The first-order valence-corrected chi connectivity index (χ1v) is 39.3. The van der Waals surface area contributed by atoms with Crippen LogP contribution in [0.15, 0.2) is 473 Å². The topological polar surface area (TPSA) is 0 Å². The summed E-state index contributed by atoms with van der Waals surface area (Å²) < 4.78 is 0. The predicted octanol–water partition coefficient (Wildman–Crippen LogP) is 31.7. The smallest absolute Gasteiger partial charge is 0.0171 e. The van der Waals surface area contributed by atoms with Crippen LogP contribution in [0.2, 0.25) is 0 Å². The van der Waals surface area contributed by atoms with Crippen molar-refractivity contribution < 1.29 is 0 Å². The number of benzene rings is 19. The first-order valence-electron chi connectivity index (χ1n) is 39.3. The van der Waals surface area contributed by atoms with Gasteiger partial charge in [-0.25, -0.2) is 0 Å². The van der Waals surface area contributed by atoms with Gasteiger partial charge in [-0.1, -0.05) is 370 Å². The summed E-state index contributed by atoms with van der Waals surface area (Å²) in [6.45, 7) is 0. The highest BCUT2D eigenvalue weighted by Crippen LogP contribution is 2.44. The third kappa shape index (κ3) is 15.2. The van der Waals surface area contributed by atoms with Crippen molar-refractivity contribution in [2.75, 3.05) is 0 Å². The molecule has 0 saturated heterocycles. The third-order valence-electron chi connectivity index (χ3n) is 22.2. The van der Waals surface area contributed by atoms with Gasteiger partial charge in [0.2, 0.25) is 0 Å². The molecule has 0 atom stereocenters. The Labute approximate surface area is 668 Å². The minimum atomic E-state index is 1.10. The molecule has 19 aromatic rings. The maximum absolute atomic E-state index is 2.44. The summed E-state index contributed by atoms with van der Waals surface area (Å²) in [5.74, 6) is 0. The Morgan fingerprint density at radius 3 is 0.281 bits per heavy atom. The number of hydrogen-bond acceptors (Lipinski definition) is 0. The van der Waals surface area contributed by atoms with Gasteiger partial charge in [-0.05, 0) is 303 Å². The summed E-state index contributed by atoms with van der Waals surface area (Å²) in [5.41, 5.74) is 41.6. The molecule has 0 unspecified atom stereocenters. The van der Waals surface area contributed by atoms with E-state index >= 15 is 0 Å². The monoisotopic (exact) mass is 1450 g/mol. The minimum Gasteiger partial charge on any atom is -0.0622 e. The van der Waals surface area contributed by atoms with Crippen LogP contribution in [0.3, 0.4) is 0 Å². The lowest BCUT2D eigenvalue weighted by Crippen LogP contribution is -1.91. The normalized spacial score (nSPS) is 11.2. The van der Waals surface area contributed by atoms with Crippen molar-refractivity contribution in [3.63, 3.8) is 0 Å². The highest BCUT2D eigenvalue weighted by molar-refractivity contribution is 5.92. The fraction of sp³-hybridized carbons (Fsp3) is 0. The van der Waals surface area contributed by atoms with Crippen LogP contribution in [-0.2, 0) is 0 Å². The van der Waals surface area contributed by atoms with Crippen LogP contribution in [0.1, 0.15) is 0 Å². The Bertz CT molecular complexity index is 6320. The van der Waals surface area contributed by atoms with Crippen LogP contribution in [0.5, 0.6) is 0 Å². The van der Waals surface area contributed by atoms with Crippen LogP contribution >= 0.6 is 0 Å². The average molecular weight is 1450 g/mol. The Hall–Kier alpha value is -14.8. The Balaban J connectivity index is 0.770. The largest absolute Gasteiger partial charge is 0.0622 e. The van der Waals surface area contributed by atoms with Gasteiger partial charge in [-0.3, -0.25) is 0 Å². The molecule has 19 aromatic carbocycles. The van der Waals surface area contributed by atoms with Gasteiger partial charge < -0.3 is 0 Å². The minimum absolute atomic E-state index is 1.10. The lowest BCUT2D eigenvalue weighted by Gasteiger charge is -2.17. The molecular formula is C114H78. The first kappa shape index (κ1) is 69.6. The second kappa shape index (κ2) is 31.6. The van der Waals surface area contributed by atoms with E-state index in [1.54, 1.807) is 0 Å². The second-order valence-electron chi connectivity index (χ2n) is 29.6. The lowest BCUT2D eigenvalue weighted by molar-refractivity contribution is 1.53. The van der Waals surface area contributed by atoms with Crippen LogP contribution in [0, 0.1) is 0 Å². The van der Waals surface area contributed by atoms with Gasteiger partial charge >= 0.3 is 0 Å². The number of hydrogen-bond donors (Lipinski definition) is 0. The van der Waals surface area contributed by atoms with E-state index < -0.39 is 0 Å². The van der Waals surface area contributed by atoms with E-state index in [-0.39, 0.29) is 0 Å². The summed E-state index contributed by atoms with van der Waals surface area (Å²) in [6, 6.07) is 174. The Morgan fingerprint density at radius 2 is 0.132 bits per heavy atom. The molecular weight excluding hydrogens is 1370 g/mol. The van der Waals surface area contributed by atoms with Crippen molar-refractivity contribution in [3.05, 3.63) is 473 Å². The van der Waals surface area contributed by atoms with Crippen LogP contribution in [0.25, 0.3) is 200 Å². The van der Waals surface area contributed by atoms with E-state index in [1.807, 2.05) is 0 Å². The van der Waals surface area contributed by atoms with E-state index in [1.165, 1.54) is 89.0 Å². The molecule has 0 heteroatoms. The van der Waals surface area contributed by atoms with Crippen LogP contribution in [-0.4, -0.2) is 0 Å². The summed E-state index contributed by atoms with van der Waals surface area (Å²) in [5, 5.41) is 0. The van der Waals surface area contributed by atoms with Gasteiger partial charge in [0.05, 0.1) is 0 Å². The van der Waals surface area contributed by atoms with E-state index in [2.05, 4.69) is 473 Å². The van der Waals surface area contributed by atoms with Gasteiger partial charge in [0.1, 0.15) is 0 Å². The third-order valence-corrected chi connectivity index (χ3v) is 22.2. The standard InChI is InChI=1S/C114H78/c1-6-24-79(25-7-1)84-50-56-87(57-51-84)92-36-16-39-95(62-92)98-42-21-47-103(67-98)108-70-106(101-45-19-34-90(65-101)82-30-12-4-13-31-82)72-111(74-108)113-76-110(105-49-23-44-100(69-105)97-41-18-38-94(64-97)89-60-54-86(55-61-89)81-28-10-3-11-29-81)77-114(78-113)112-73-107(102-46-20-35-91(66-102)83-32-14-5-15-33-83)71-109(75-112)104-48-22-43-99(68-104)96-40-17-37-93(63-96)88-58-52-85(53-59-88)80-26-8-2-9-27-80/h1-78H. The fourth-order valence-electron chi connectivity index (χ4n) is 16.1. The van der Waals surface area contributed by atoms with Crippen molar-refractivity contribution in [1.82, 2.24) is 0 Å². The molecule has 0 bridgehead atoms. The molecule has 0 radical (unpaired) electrons. The molecule has 0 heterocycles. The van der Waals surface area contributed by atoms with Crippen LogP contribution < -0.4 is 0 Å². The maximum atomic E-state index is 2.44. The number of rotatable bonds is 18. The van der Waals surface area contributed by atoms with Gasteiger partial charge in [0.25, 0.3) is 0 Å². The molecule has 0 spiro atoms. The average Bonchev–Trinajstić information content (AvgIpc) is 0.770. The molecule has 0 aliphatic rings. The predicted molar refractivity (Wildman–Crippen MR) is 484 cm³/mol. The van der Waals surface area contributed by atoms with Crippen molar-refractivity contribution in [3.8, 4) is 200 Å². The Morgan fingerprint density at radius 1 is 0.0526 bits per heavy atom. The van der Waals surface area contributed by atoms with Gasteiger partial charge in [-0.2, -0.15) is 0 Å². The van der Waals surface area contributed by atoms with Crippen molar-refractivity contribution in [1.29, 1.82) is 0 Å². The van der Waals surface area contributed by atoms with Crippen molar-refractivity contribution >= 4 is 0 Å². The van der Waals surface area contributed by atoms with E-state index in [4.69, 9.17) is 0 Å². The molecule has 0 aromatic heterocycles. The van der Waals surface area contributed by atoms with Crippen molar-refractivity contribution in [2.45, 2.75) is 0 Å². The molecule has 0 fully saturated rings. The molecule has 0 aliphatic carbocycles. The van der Waals surface area contributed by atoms with Gasteiger partial charge in [0, 0.05) is 0 Å². The molecule has 0 amide bonds. The first-order chi connectivity index (χ1) is 56.4. The molecule has 534 valence electrons. The zero-order valence-corrected chi connectivity index (χ0v) is 63.0. The Kier molecular flexibility index (Phi) is 19.3. The van der Waals surface area contributed by atoms with E-state index in [9.17, 15) is 0 Å². The fourth-order valence-corrected chi connectivity index (χ4v) is 16.1. The molecule has 0 nitrogen and oxygen atoms in total. The molecule has 114 heavy (non-hydrogen) atoms. The second-order valence-corrected chi connectivity index (χ2v) is 29.6. The van der Waals surface area contributed by atoms with Gasteiger partial charge in [-0.15, -0.1) is 0 Å². The van der Waals surface area contributed by atoms with Gasteiger partial charge in [0.15, 0.2) is 0 Å². The van der Waals surface area contributed by atoms with E-state index in [0.717, 1.165) is 111 Å². The summed E-state index contributed by atoms with van der Waals surface area (Å²) in [7, 11) is 0. The molecule has 0 N–H and O–H groups in total. The zero-order valence-electron chi connectivity index (χ0n) is 63.0. The highest BCUT2D eigenvalue weighted by atomic mass is 14.2. The SMILES string of the molecule is c1ccc(-c2ccc(-c3cccc(-c4cccc(-c5cc(-c6cccc(-c7ccccc7)c6)cc(-c6cc(-c7cccc(-c8cccc(-c9ccc(-c%10ccccc%10)cc9)c8)c7)cc(-c7cc(-c8cccc(-c9ccccc9)c8)cc(-c8cccc(-c9cccc(-c%10ccc(-c%11ccccc%11)cc%10)c9)c8)c7)c6)c5)c4)c3)cc2)cc1. The lowest BCUT2D eigenvalue weighted by atomic mass is 9.87. The van der Waals surface area contributed by atoms with Crippen molar-refractivity contribution in [2.24, 2.45) is 0 Å². The van der Waals surface area contributed by atoms with Crippen LogP contribution in [0.4, 0.5) is 0 Å². The molecule has 19 rings (SSSR count). The maximum Gasteiger partial charge on any atom is -0.0171 e. The summed E-state index contributed by atoms with van der Waals surface area (Å²) in [6.07, 6.45) is 0. The summed E-state index contributed by atoms with van der Waals surface area (Å²) >= 11 is 0. The molecule has 0 saturated carbocycles. The van der Waals surface area contributed by atoms with E-state index in [0.29, 0.717) is 0 Å². The highest BCUT2D eigenvalue weighted by Gasteiger charge is 2.18. The zero-order chi connectivity index (χ0) is 75.9. The summed E-state index contributed by atoms with van der Waals surface area (Å²) in [4.78, 5) is 0. The quantitative estimate of drug-likeness (QED) is 0.0803.